The fraction of sp³-hybridized carbons (Fsp3) is 0.333. The van der Waals surface area contributed by atoms with Crippen molar-refractivity contribution in [2.75, 3.05) is 6.61 Å². The quantitative estimate of drug-likeness (QED) is 0.778. The van der Waals surface area contributed by atoms with Gasteiger partial charge in [0.1, 0.15) is 11.8 Å². The minimum absolute atomic E-state index is 0.0285. The molecule has 1 fully saturated rings. The summed E-state index contributed by atoms with van der Waals surface area (Å²) >= 11 is 0. The van der Waals surface area contributed by atoms with Crippen LogP contribution in [-0.4, -0.2) is 33.1 Å². The Bertz CT molecular complexity index is 834. The summed E-state index contributed by atoms with van der Waals surface area (Å²) in [5.41, 5.74) is 2.61. The van der Waals surface area contributed by atoms with Crippen molar-refractivity contribution in [2.45, 2.75) is 25.0 Å². The van der Waals surface area contributed by atoms with Gasteiger partial charge in [-0.1, -0.05) is 18.2 Å². The number of carbonyl (C=O) groups is 1. The fourth-order valence-electron chi connectivity index (χ4n) is 3.27. The zero-order valence-corrected chi connectivity index (χ0v) is 13.5. The average molecular weight is 324 g/mol. The van der Waals surface area contributed by atoms with Crippen molar-refractivity contribution in [3.05, 3.63) is 54.2 Å². The second-order valence-electron chi connectivity index (χ2n) is 6.25. The van der Waals surface area contributed by atoms with Crippen LogP contribution in [0.4, 0.5) is 0 Å². The summed E-state index contributed by atoms with van der Waals surface area (Å²) in [4.78, 5) is 19.9. The number of aromatic nitrogens is 3. The van der Waals surface area contributed by atoms with Crippen molar-refractivity contribution >= 4 is 16.8 Å². The van der Waals surface area contributed by atoms with Crippen LogP contribution < -0.4 is 5.32 Å². The topological polar surface area (TPSA) is 71.9 Å². The number of aromatic amines is 1. The van der Waals surface area contributed by atoms with Crippen LogP contribution in [0.2, 0.25) is 0 Å². The molecule has 4 rings (SSSR count). The molecule has 1 aliphatic rings. The summed E-state index contributed by atoms with van der Waals surface area (Å²) in [7, 11) is 1.96. The van der Waals surface area contributed by atoms with Gasteiger partial charge in [0.05, 0.1) is 18.2 Å². The number of para-hydroxylation sites is 1. The van der Waals surface area contributed by atoms with E-state index in [0.29, 0.717) is 12.3 Å². The zero-order valence-electron chi connectivity index (χ0n) is 13.5. The molecule has 1 aromatic carbocycles. The molecule has 0 bridgehead atoms. The van der Waals surface area contributed by atoms with Crippen LogP contribution >= 0.6 is 0 Å². The van der Waals surface area contributed by atoms with Gasteiger partial charge in [-0.3, -0.25) is 4.79 Å². The van der Waals surface area contributed by atoms with Gasteiger partial charge in [-0.25, -0.2) is 4.98 Å². The van der Waals surface area contributed by atoms with Crippen LogP contribution in [0.1, 0.15) is 35.1 Å². The fourth-order valence-corrected chi connectivity index (χ4v) is 3.27. The lowest BCUT2D eigenvalue weighted by molar-refractivity contribution is -0.00304. The lowest BCUT2D eigenvalue weighted by atomic mass is 10.0. The lowest BCUT2D eigenvalue weighted by Crippen LogP contribution is -2.40. The number of hydrogen-bond acceptors (Lipinski definition) is 3. The van der Waals surface area contributed by atoms with Gasteiger partial charge in [0, 0.05) is 30.6 Å². The highest BCUT2D eigenvalue weighted by Crippen LogP contribution is 2.27. The number of hydrogen-bond donors (Lipinski definition) is 2. The van der Waals surface area contributed by atoms with E-state index in [9.17, 15) is 4.79 Å². The Morgan fingerprint density at radius 1 is 1.42 bits per heavy atom. The number of rotatable bonds is 3. The highest BCUT2D eigenvalue weighted by atomic mass is 16.5. The Morgan fingerprint density at radius 3 is 3.08 bits per heavy atom. The summed E-state index contributed by atoms with van der Waals surface area (Å²) in [5, 5.41) is 4.17. The van der Waals surface area contributed by atoms with E-state index in [2.05, 4.69) is 15.3 Å². The molecule has 1 amide bonds. The minimum Gasteiger partial charge on any atom is -0.372 e. The van der Waals surface area contributed by atoms with Crippen LogP contribution in [0.15, 0.2) is 42.9 Å². The lowest BCUT2D eigenvalue weighted by Gasteiger charge is -2.30. The van der Waals surface area contributed by atoms with Crippen molar-refractivity contribution in [1.82, 2.24) is 19.9 Å². The number of nitrogens with one attached hydrogen (secondary N) is 2. The van der Waals surface area contributed by atoms with Gasteiger partial charge in [0.15, 0.2) is 0 Å². The predicted molar refractivity (Wildman–Crippen MR) is 90.7 cm³/mol. The van der Waals surface area contributed by atoms with Crippen LogP contribution in [-0.2, 0) is 11.8 Å². The first-order chi connectivity index (χ1) is 11.7. The third kappa shape index (κ3) is 2.80. The molecular formula is C18H20N4O2. The van der Waals surface area contributed by atoms with E-state index in [-0.39, 0.29) is 18.1 Å². The number of fused-ring (bicyclic) bond motifs is 1. The number of amides is 1. The third-order valence-corrected chi connectivity index (χ3v) is 4.58. The van der Waals surface area contributed by atoms with Gasteiger partial charge in [-0.2, -0.15) is 0 Å². The van der Waals surface area contributed by atoms with Crippen LogP contribution in [0.5, 0.6) is 0 Å². The Morgan fingerprint density at radius 2 is 2.29 bits per heavy atom. The van der Waals surface area contributed by atoms with Crippen molar-refractivity contribution in [3.63, 3.8) is 0 Å². The van der Waals surface area contributed by atoms with Gasteiger partial charge in [0.25, 0.3) is 5.91 Å². The number of imidazole rings is 1. The summed E-state index contributed by atoms with van der Waals surface area (Å²) in [6.07, 6.45) is 5.14. The van der Waals surface area contributed by atoms with Gasteiger partial charge >= 0.3 is 0 Å². The molecule has 0 spiro atoms. The SMILES string of the molecule is Cn1cncc1[C@H]1C[C@H](NC(=O)c2cc3ccccc3[nH]2)CCO1. The van der Waals surface area contributed by atoms with Crippen LogP contribution in [0, 0.1) is 0 Å². The van der Waals surface area contributed by atoms with Crippen molar-refractivity contribution in [3.8, 4) is 0 Å². The highest BCUT2D eigenvalue weighted by Gasteiger charge is 2.27. The van der Waals surface area contributed by atoms with Gasteiger partial charge in [-0.05, 0) is 25.0 Å². The van der Waals surface area contributed by atoms with Crippen molar-refractivity contribution in [1.29, 1.82) is 0 Å². The smallest absolute Gasteiger partial charge is 0.267 e. The predicted octanol–water partition coefficient (Wildman–Crippen LogP) is 2.55. The molecule has 2 atom stereocenters. The molecule has 6 heteroatoms. The molecule has 2 N–H and O–H groups in total. The Kier molecular flexibility index (Phi) is 3.82. The van der Waals surface area contributed by atoms with Gasteiger partial charge in [0.2, 0.25) is 0 Å². The molecule has 0 aliphatic carbocycles. The van der Waals surface area contributed by atoms with E-state index >= 15 is 0 Å². The van der Waals surface area contributed by atoms with Gasteiger partial charge < -0.3 is 19.6 Å². The van der Waals surface area contributed by atoms with Crippen LogP contribution in [0.25, 0.3) is 10.9 Å². The Labute approximate surface area is 139 Å². The molecule has 0 unspecified atom stereocenters. The monoisotopic (exact) mass is 324 g/mol. The molecule has 0 radical (unpaired) electrons. The molecule has 124 valence electrons. The first kappa shape index (κ1) is 15.0. The van der Waals surface area contributed by atoms with Crippen LogP contribution in [0.3, 0.4) is 0 Å². The molecule has 1 aliphatic heterocycles. The molecule has 3 heterocycles. The van der Waals surface area contributed by atoms with Crippen molar-refractivity contribution in [2.24, 2.45) is 7.05 Å². The molecule has 0 saturated carbocycles. The minimum atomic E-state index is -0.0677. The van der Waals surface area contributed by atoms with Crippen molar-refractivity contribution < 1.29 is 9.53 Å². The Balaban J connectivity index is 1.46. The number of nitrogens with zero attached hydrogens (tertiary/aromatic N) is 2. The Hall–Kier alpha value is -2.60. The number of H-pyrrole nitrogens is 1. The van der Waals surface area contributed by atoms with Gasteiger partial charge in [-0.15, -0.1) is 0 Å². The maximum Gasteiger partial charge on any atom is 0.267 e. The first-order valence-corrected chi connectivity index (χ1v) is 8.17. The molecule has 3 aromatic rings. The number of ether oxygens (including phenoxy) is 1. The summed E-state index contributed by atoms with van der Waals surface area (Å²) < 4.78 is 7.81. The van der Waals surface area contributed by atoms with E-state index in [0.717, 1.165) is 29.4 Å². The zero-order chi connectivity index (χ0) is 16.5. The molecule has 24 heavy (non-hydrogen) atoms. The summed E-state index contributed by atoms with van der Waals surface area (Å²) in [6.45, 7) is 0.632. The maximum absolute atomic E-state index is 12.5. The molecule has 2 aromatic heterocycles. The molecular weight excluding hydrogens is 304 g/mol. The standard InChI is InChI=1S/C18H20N4O2/c1-22-11-19-10-16(22)17-9-13(6-7-24-17)20-18(23)15-8-12-4-2-3-5-14(12)21-15/h2-5,8,10-11,13,17,21H,6-7,9H2,1H3,(H,20,23)/t13-,17-/m1/s1. The second kappa shape index (κ2) is 6.13. The second-order valence-corrected chi connectivity index (χ2v) is 6.25. The molecule has 1 saturated heterocycles. The number of aryl methyl sites for hydroxylation is 1. The number of benzene rings is 1. The van der Waals surface area contributed by atoms with E-state index in [1.165, 1.54) is 0 Å². The average Bonchev–Trinajstić information content (AvgIpc) is 3.21. The van der Waals surface area contributed by atoms with E-state index < -0.39 is 0 Å². The summed E-state index contributed by atoms with van der Waals surface area (Å²) in [5.74, 6) is -0.0677. The third-order valence-electron chi connectivity index (χ3n) is 4.58. The maximum atomic E-state index is 12.5. The molecule has 6 nitrogen and oxygen atoms in total. The van der Waals surface area contributed by atoms with E-state index in [1.54, 1.807) is 6.33 Å². The number of carbonyl (C=O) groups excluding carboxylic acids is 1. The van der Waals surface area contributed by atoms with E-state index in [1.807, 2.05) is 48.1 Å². The largest absolute Gasteiger partial charge is 0.372 e. The summed E-state index contributed by atoms with van der Waals surface area (Å²) in [6, 6.07) is 9.88. The highest BCUT2D eigenvalue weighted by molar-refractivity contribution is 5.98. The normalized spacial score (nSPS) is 21.0. The van der Waals surface area contributed by atoms with E-state index in [4.69, 9.17) is 4.74 Å². The first-order valence-electron chi connectivity index (χ1n) is 8.17.